The van der Waals surface area contributed by atoms with Crippen molar-refractivity contribution in [3.05, 3.63) is 17.7 Å². The van der Waals surface area contributed by atoms with Crippen LogP contribution in [0.4, 0.5) is 0 Å². The predicted octanol–water partition coefficient (Wildman–Crippen LogP) is 1.75. The van der Waals surface area contributed by atoms with Gasteiger partial charge in [-0.05, 0) is 18.6 Å². The molecule has 1 aromatic heterocycles. The lowest BCUT2D eigenvalue weighted by Crippen LogP contribution is -2.25. The molecule has 1 N–H and O–H groups in total. The number of rotatable bonds is 2. The van der Waals surface area contributed by atoms with Crippen LogP contribution >= 0.6 is 11.8 Å². The van der Waals surface area contributed by atoms with Crippen molar-refractivity contribution in [1.29, 1.82) is 0 Å². The van der Waals surface area contributed by atoms with Gasteiger partial charge in [0.05, 0.1) is 11.6 Å². The molecule has 2 aliphatic rings. The van der Waals surface area contributed by atoms with E-state index in [9.17, 15) is 4.79 Å². The minimum absolute atomic E-state index is 0.240. The van der Waals surface area contributed by atoms with Crippen molar-refractivity contribution in [3.8, 4) is 0 Å². The normalized spacial score (nSPS) is 28.0. The molecule has 0 aliphatic carbocycles. The van der Waals surface area contributed by atoms with Crippen molar-refractivity contribution in [2.45, 2.75) is 31.7 Å². The van der Waals surface area contributed by atoms with Crippen molar-refractivity contribution in [1.82, 2.24) is 9.55 Å². The number of carboxylic acids is 1. The molecule has 0 bridgehead atoms. The number of thioether (sulfide) groups is 1. The van der Waals surface area contributed by atoms with Crippen LogP contribution in [0.5, 0.6) is 0 Å². The summed E-state index contributed by atoms with van der Waals surface area (Å²) in [5, 5.41) is 9.04. The van der Waals surface area contributed by atoms with Gasteiger partial charge in [0.25, 0.3) is 0 Å². The van der Waals surface area contributed by atoms with Gasteiger partial charge in [0.2, 0.25) is 0 Å². The quantitative estimate of drug-likeness (QED) is 0.871. The van der Waals surface area contributed by atoms with Gasteiger partial charge in [-0.1, -0.05) is 0 Å². The molecule has 0 amide bonds. The number of hydrogen-bond donors (Lipinski definition) is 1. The van der Waals surface area contributed by atoms with E-state index in [1.54, 1.807) is 0 Å². The van der Waals surface area contributed by atoms with Gasteiger partial charge in [0.1, 0.15) is 5.82 Å². The Kier molecular flexibility index (Phi) is 2.86. The number of carboxylic acid groups (broad SMARTS) is 1. The Balaban J connectivity index is 1.81. The van der Waals surface area contributed by atoms with E-state index in [0.717, 1.165) is 18.8 Å². The minimum atomic E-state index is -0.683. The van der Waals surface area contributed by atoms with Gasteiger partial charge in [-0.25, -0.2) is 4.98 Å². The van der Waals surface area contributed by atoms with Crippen LogP contribution in [0.1, 0.15) is 30.3 Å². The topological polar surface area (TPSA) is 55.1 Å². The molecule has 1 saturated heterocycles. The van der Waals surface area contributed by atoms with E-state index >= 15 is 0 Å². The molecule has 0 aromatic carbocycles. The Morgan fingerprint density at radius 1 is 1.53 bits per heavy atom. The van der Waals surface area contributed by atoms with Gasteiger partial charge in [-0.15, -0.1) is 0 Å². The molecule has 3 rings (SSSR count). The molecular formula is C12H16N2O2S. The molecule has 0 spiro atoms. The van der Waals surface area contributed by atoms with E-state index in [1.807, 2.05) is 11.8 Å². The van der Waals surface area contributed by atoms with Crippen molar-refractivity contribution >= 4 is 17.7 Å². The fourth-order valence-corrected chi connectivity index (χ4v) is 3.87. The van der Waals surface area contributed by atoms with Gasteiger partial charge in [0, 0.05) is 30.8 Å². The van der Waals surface area contributed by atoms with Crippen LogP contribution in [0.15, 0.2) is 6.20 Å². The molecule has 2 unspecified atom stereocenters. The zero-order valence-corrected chi connectivity index (χ0v) is 10.4. The average Bonchev–Trinajstić information content (AvgIpc) is 2.96. The molecule has 2 atom stereocenters. The van der Waals surface area contributed by atoms with Crippen LogP contribution in [0.2, 0.25) is 0 Å². The van der Waals surface area contributed by atoms with E-state index in [4.69, 9.17) is 5.11 Å². The zero-order chi connectivity index (χ0) is 11.8. The lowest BCUT2D eigenvalue weighted by molar-refractivity contribution is -0.142. The van der Waals surface area contributed by atoms with Crippen LogP contribution in [-0.4, -0.2) is 32.1 Å². The maximum absolute atomic E-state index is 11.0. The Labute approximate surface area is 104 Å². The van der Waals surface area contributed by atoms with E-state index in [0.29, 0.717) is 12.3 Å². The Morgan fingerprint density at radius 2 is 2.41 bits per heavy atom. The van der Waals surface area contributed by atoms with Crippen LogP contribution in [0.25, 0.3) is 0 Å². The highest BCUT2D eigenvalue weighted by Crippen LogP contribution is 2.33. The summed E-state index contributed by atoms with van der Waals surface area (Å²) < 4.78 is 2.15. The number of hydrogen-bond acceptors (Lipinski definition) is 3. The molecule has 4 nitrogen and oxygen atoms in total. The number of aryl methyl sites for hydroxylation is 1. The van der Waals surface area contributed by atoms with E-state index in [1.165, 1.54) is 23.6 Å². The fourth-order valence-electron chi connectivity index (χ4n) is 2.63. The molecule has 2 aliphatic heterocycles. The number of imidazole rings is 1. The highest BCUT2D eigenvalue weighted by atomic mass is 32.2. The second-order valence-electron chi connectivity index (χ2n) is 4.86. The maximum Gasteiger partial charge on any atom is 0.307 e. The summed E-state index contributed by atoms with van der Waals surface area (Å²) >= 11 is 1.99. The third-order valence-electron chi connectivity index (χ3n) is 3.72. The van der Waals surface area contributed by atoms with Crippen molar-refractivity contribution in [2.75, 3.05) is 11.5 Å². The highest BCUT2D eigenvalue weighted by Gasteiger charge is 2.28. The lowest BCUT2D eigenvalue weighted by Gasteiger charge is -2.19. The van der Waals surface area contributed by atoms with E-state index in [-0.39, 0.29) is 5.92 Å². The Morgan fingerprint density at radius 3 is 3.12 bits per heavy atom. The van der Waals surface area contributed by atoms with Crippen LogP contribution in [0.3, 0.4) is 0 Å². The number of carbonyl (C=O) groups is 1. The summed E-state index contributed by atoms with van der Waals surface area (Å²) in [7, 11) is 0. The van der Waals surface area contributed by atoms with Crippen LogP contribution in [0, 0.1) is 5.92 Å². The summed E-state index contributed by atoms with van der Waals surface area (Å²) in [4.78, 5) is 15.6. The largest absolute Gasteiger partial charge is 0.481 e. The fraction of sp³-hybridized carbons (Fsp3) is 0.667. The molecule has 1 fully saturated rings. The van der Waals surface area contributed by atoms with Gasteiger partial charge in [-0.3, -0.25) is 4.79 Å². The Hall–Kier alpha value is -0.970. The predicted molar refractivity (Wildman–Crippen MR) is 66.4 cm³/mol. The summed E-state index contributed by atoms with van der Waals surface area (Å²) in [5.41, 5.74) is 1.18. The maximum atomic E-state index is 11.0. The van der Waals surface area contributed by atoms with Gasteiger partial charge in [-0.2, -0.15) is 11.8 Å². The second-order valence-corrected chi connectivity index (χ2v) is 6.01. The first-order valence-corrected chi connectivity index (χ1v) is 7.26. The first kappa shape index (κ1) is 11.1. The van der Waals surface area contributed by atoms with Gasteiger partial charge in [0.15, 0.2) is 0 Å². The van der Waals surface area contributed by atoms with Gasteiger partial charge < -0.3 is 9.67 Å². The monoisotopic (exact) mass is 252 g/mol. The van der Waals surface area contributed by atoms with Crippen molar-refractivity contribution in [3.63, 3.8) is 0 Å². The minimum Gasteiger partial charge on any atom is -0.481 e. The molecule has 17 heavy (non-hydrogen) atoms. The number of fused-ring (bicyclic) bond motifs is 1. The third kappa shape index (κ3) is 2.08. The standard InChI is InChI=1S/C12H16N2O2S/c15-12(16)8-1-3-14-6-10(13-11(14)5-8)9-2-4-17-7-9/h6,8-9H,1-5,7H2,(H,15,16). The molecule has 0 radical (unpaired) electrons. The molecular weight excluding hydrogens is 236 g/mol. The lowest BCUT2D eigenvalue weighted by atomic mass is 9.98. The first-order valence-electron chi connectivity index (χ1n) is 6.10. The number of aromatic nitrogens is 2. The molecule has 5 heteroatoms. The zero-order valence-electron chi connectivity index (χ0n) is 9.63. The summed E-state index contributed by atoms with van der Waals surface area (Å²) in [6.07, 6.45) is 4.68. The highest BCUT2D eigenvalue weighted by molar-refractivity contribution is 7.99. The number of aliphatic carboxylic acids is 1. The van der Waals surface area contributed by atoms with E-state index in [2.05, 4.69) is 15.7 Å². The van der Waals surface area contributed by atoms with Crippen molar-refractivity contribution < 1.29 is 9.90 Å². The third-order valence-corrected chi connectivity index (χ3v) is 4.88. The summed E-state index contributed by atoms with van der Waals surface area (Å²) in [6.45, 7) is 0.805. The molecule has 92 valence electrons. The smallest absolute Gasteiger partial charge is 0.307 e. The van der Waals surface area contributed by atoms with Crippen LogP contribution in [-0.2, 0) is 17.8 Å². The summed E-state index contributed by atoms with van der Waals surface area (Å²) in [6, 6.07) is 0. The number of nitrogens with zero attached hydrogens (tertiary/aromatic N) is 2. The molecule has 1 aromatic rings. The average molecular weight is 252 g/mol. The first-order chi connectivity index (χ1) is 8.24. The van der Waals surface area contributed by atoms with Gasteiger partial charge >= 0.3 is 5.97 Å². The van der Waals surface area contributed by atoms with Crippen LogP contribution < -0.4 is 0 Å². The SMILES string of the molecule is O=C(O)C1CCn2cc(C3CCSC3)nc2C1. The molecule has 0 saturated carbocycles. The van der Waals surface area contributed by atoms with Crippen molar-refractivity contribution in [2.24, 2.45) is 5.92 Å². The Bertz CT molecular complexity index is 438. The summed E-state index contributed by atoms with van der Waals surface area (Å²) in [5.74, 6) is 3.02. The molecule has 3 heterocycles. The second kappa shape index (κ2) is 4.37. The van der Waals surface area contributed by atoms with E-state index < -0.39 is 5.97 Å².